The van der Waals surface area contributed by atoms with Gasteiger partial charge in [-0.2, -0.15) is 0 Å². The first-order chi connectivity index (χ1) is 16.6. The molecule has 8 heteroatoms. The summed E-state index contributed by atoms with van der Waals surface area (Å²) in [5.41, 5.74) is 4.75. The van der Waals surface area contributed by atoms with E-state index in [-0.39, 0.29) is 5.82 Å². The van der Waals surface area contributed by atoms with Crippen molar-refractivity contribution >= 4 is 11.8 Å². The van der Waals surface area contributed by atoms with E-state index in [2.05, 4.69) is 38.3 Å². The highest BCUT2D eigenvalue weighted by Gasteiger charge is 2.16. The Bertz CT molecular complexity index is 1270. The Labute approximate surface area is 203 Å². The van der Waals surface area contributed by atoms with E-state index >= 15 is 0 Å². The minimum absolute atomic E-state index is 0.248. The molecule has 0 N–H and O–H groups in total. The Morgan fingerprint density at radius 2 is 1.76 bits per heavy atom. The molecule has 6 nitrogen and oxygen atoms in total. The summed E-state index contributed by atoms with van der Waals surface area (Å²) in [7, 11) is 1.96. The van der Waals surface area contributed by atoms with Gasteiger partial charge < -0.3 is 13.9 Å². The van der Waals surface area contributed by atoms with Gasteiger partial charge in [-0.25, -0.2) is 9.37 Å². The summed E-state index contributed by atoms with van der Waals surface area (Å²) in [6.45, 7) is 5.12. The molecule has 0 radical (unpaired) electrons. The van der Waals surface area contributed by atoms with Crippen molar-refractivity contribution in [3.8, 4) is 22.8 Å². The summed E-state index contributed by atoms with van der Waals surface area (Å²) in [4.78, 5) is 6.92. The fourth-order valence-corrected chi connectivity index (χ4v) is 5.19. The van der Waals surface area contributed by atoms with Crippen molar-refractivity contribution in [1.29, 1.82) is 0 Å². The molecular formula is C26H28FN5OS. The zero-order chi connectivity index (χ0) is 23.5. The lowest BCUT2D eigenvalue weighted by molar-refractivity contribution is 0.289. The van der Waals surface area contributed by atoms with Crippen LogP contribution in [0.3, 0.4) is 0 Å². The van der Waals surface area contributed by atoms with Crippen LogP contribution >= 0.6 is 11.8 Å². The van der Waals surface area contributed by atoms with Crippen molar-refractivity contribution in [1.82, 2.24) is 24.6 Å². The van der Waals surface area contributed by atoms with Crippen LogP contribution in [0.4, 0.5) is 4.39 Å². The average molecular weight is 478 g/mol. The van der Waals surface area contributed by atoms with Crippen LogP contribution in [-0.4, -0.2) is 50.0 Å². The van der Waals surface area contributed by atoms with Crippen molar-refractivity contribution < 1.29 is 8.81 Å². The van der Waals surface area contributed by atoms with E-state index in [1.807, 2.05) is 18.5 Å². The SMILES string of the molecule is Cc1cnc(-c2ccc3c(c2)CCN(CCCSc2nnc(-c4ccc(F)cc4)n2C)CC3)o1. The second-order valence-electron chi connectivity index (χ2n) is 8.68. The summed E-state index contributed by atoms with van der Waals surface area (Å²) < 4.78 is 20.9. The van der Waals surface area contributed by atoms with Crippen molar-refractivity contribution in [3.63, 3.8) is 0 Å². The first-order valence-corrected chi connectivity index (χ1v) is 12.6. The summed E-state index contributed by atoms with van der Waals surface area (Å²) in [5, 5.41) is 9.52. The van der Waals surface area contributed by atoms with Crippen LogP contribution in [0.1, 0.15) is 23.3 Å². The molecule has 1 aliphatic rings. The second-order valence-corrected chi connectivity index (χ2v) is 9.74. The number of thioether (sulfide) groups is 1. The number of fused-ring (bicyclic) bond motifs is 1. The fourth-order valence-electron chi connectivity index (χ4n) is 4.36. The van der Waals surface area contributed by atoms with Gasteiger partial charge in [-0.3, -0.25) is 0 Å². The van der Waals surface area contributed by atoms with Gasteiger partial charge in [0.2, 0.25) is 5.89 Å². The fraction of sp³-hybridized carbons (Fsp3) is 0.346. The van der Waals surface area contributed by atoms with Crippen LogP contribution in [-0.2, 0) is 19.9 Å². The molecule has 34 heavy (non-hydrogen) atoms. The highest BCUT2D eigenvalue weighted by Crippen LogP contribution is 2.26. The minimum atomic E-state index is -0.248. The topological polar surface area (TPSA) is 60.0 Å². The number of benzene rings is 2. The highest BCUT2D eigenvalue weighted by atomic mass is 32.2. The minimum Gasteiger partial charge on any atom is -0.441 e. The van der Waals surface area contributed by atoms with Gasteiger partial charge in [0.25, 0.3) is 0 Å². The Kier molecular flexibility index (Phi) is 6.78. The van der Waals surface area contributed by atoms with E-state index in [0.717, 1.165) is 72.5 Å². The molecule has 0 saturated heterocycles. The van der Waals surface area contributed by atoms with E-state index in [1.165, 1.54) is 23.3 Å². The number of hydrogen-bond donors (Lipinski definition) is 0. The molecule has 5 rings (SSSR count). The highest BCUT2D eigenvalue weighted by molar-refractivity contribution is 7.99. The quantitative estimate of drug-likeness (QED) is 0.270. The van der Waals surface area contributed by atoms with E-state index in [9.17, 15) is 4.39 Å². The molecule has 0 spiro atoms. The van der Waals surface area contributed by atoms with Crippen LogP contribution in [0.2, 0.25) is 0 Å². The summed E-state index contributed by atoms with van der Waals surface area (Å²) in [5.74, 6) is 3.02. The van der Waals surface area contributed by atoms with Gasteiger partial charge in [0.1, 0.15) is 11.6 Å². The van der Waals surface area contributed by atoms with Crippen LogP contribution in [0.25, 0.3) is 22.8 Å². The Morgan fingerprint density at radius 1 is 1.00 bits per heavy atom. The third-order valence-corrected chi connectivity index (χ3v) is 7.36. The van der Waals surface area contributed by atoms with Crippen molar-refractivity contribution in [2.45, 2.75) is 31.3 Å². The lowest BCUT2D eigenvalue weighted by Gasteiger charge is -2.19. The van der Waals surface area contributed by atoms with Gasteiger partial charge in [-0.15, -0.1) is 10.2 Å². The van der Waals surface area contributed by atoms with Gasteiger partial charge >= 0.3 is 0 Å². The van der Waals surface area contributed by atoms with E-state index in [0.29, 0.717) is 5.89 Å². The molecule has 0 atom stereocenters. The number of hydrogen-bond acceptors (Lipinski definition) is 6. The molecule has 2 aromatic heterocycles. The third-order valence-electron chi connectivity index (χ3n) is 6.26. The van der Waals surface area contributed by atoms with Gasteiger partial charge in [0.05, 0.1) is 6.20 Å². The number of aryl methyl sites for hydroxylation is 1. The van der Waals surface area contributed by atoms with Gasteiger partial charge in [0, 0.05) is 37.0 Å². The Morgan fingerprint density at radius 3 is 2.53 bits per heavy atom. The number of oxazole rings is 1. The Hall–Kier alpha value is -2.97. The van der Waals surface area contributed by atoms with E-state index < -0.39 is 0 Å². The third kappa shape index (κ3) is 5.08. The predicted molar refractivity (Wildman–Crippen MR) is 132 cm³/mol. The largest absolute Gasteiger partial charge is 0.441 e. The molecule has 2 aromatic carbocycles. The van der Waals surface area contributed by atoms with Crippen LogP contribution < -0.4 is 0 Å². The zero-order valence-electron chi connectivity index (χ0n) is 19.5. The van der Waals surface area contributed by atoms with E-state index in [4.69, 9.17) is 4.42 Å². The monoisotopic (exact) mass is 477 g/mol. The number of nitrogens with zero attached hydrogens (tertiary/aromatic N) is 5. The molecule has 0 aliphatic carbocycles. The first kappa shape index (κ1) is 22.8. The second kappa shape index (κ2) is 10.1. The summed E-state index contributed by atoms with van der Waals surface area (Å²) in [6.07, 6.45) is 4.96. The molecule has 3 heterocycles. The maximum Gasteiger partial charge on any atom is 0.226 e. The number of halogens is 1. The van der Waals surface area contributed by atoms with Crippen LogP contribution in [0.15, 0.2) is 58.2 Å². The van der Waals surface area contributed by atoms with Gasteiger partial charge in [-0.05, 0) is 80.3 Å². The van der Waals surface area contributed by atoms with Crippen LogP contribution in [0, 0.1) is 12.7 Å². The summed E-state index contributed by atoms with van der Waals surface area (Å²) >= 11 is 1.72. The molecule has 0 saturated carbocycles. The molecule has 4 aromatic rings. The number of rotatable bonds is 7. The average Bonchev–Trinajstić information content (AvgIpc) is 3.37. The van der Waals surface area contributed by atoms with Crippen LogP contribution in [0.5, 0.6) is 0 Å². The molecular weight excluding hydrogens is 449 g/mol. The summed E-state index contributed by atoms with van der Waals surface area (Å²) in [6, 6.07) is 13.0. The first-order valence-electron chi connectivity index (χ1n) is 11.6. The van der Waals surface area contributed by atoms with Gasteiger partial charge in [-0.1, -0.05) is 17.8 Å². The lowest BCUT2D eigenvalue weighted by Crippen LogP contribution is -2.27. The van der Waals surface area contributed by atoms with Crippen molar-refractivity contribution in [3.05, 3.63) is 71.4 Å². The van der Waals surface area contributed by atoms with Crippen molar-refractivity contribution in [2.24, 2.45) is 7.05 Å². The standard InChI is InChI=1S/C26H28FN5OS/c1-18-17-28-25(33-18)22-5-4-19-10-13-32(14-11-21(19)16-22)12-3-15-34-26-30-29-24(31(26)2)20-6-8-23(27)9-7-20/h4-9,16-17H,3,10-15H2,1-2H3. The van der Waals surface area contributed by atoms with Gasteiger partial charge in [0.15, 0.2) is 11.0 Å². The smallest absolute Gasteiger partial charge is 0.226 e. The maximum atomic E-state index is 13.2. The molecule has 0 fully saturated rings. The Balaban J connectivity index is 1.12. The zero-order valence-corrected chi connectivity index (χ0v) is 20.3. The normalized spacial score (nSPS) is 14.2. The predicted octanol–water partition coefficient (Wildman–Crippen LogP) is 5.17. The van der Waals surface area contributed by atoms with Crippen molar-refractivity contribution in [2.75, 3.05) is 25.4 Å². The van der Waals surface area contributed by atoms with E-state index in [1.54, 1.807) is 30.1 Å². The molecule has 0 amide bonds. The lowest BCUT2D eigenvalue weighted by atomic mass is 10.00. The molecule has 1 aliphatic heterocycles. The maximum absolute atomic E-state index is 13.2. The number of aromatic nitrogens is 4. The molecule has 0 bridgehead atoms. The molecule has 0 unspecified atom stereocenters. The molecule has 176 valence electrons.